The van der Waals surface area contributed by atoms with Gasteiger partial charge in [-0.25, -0.2) is 0 Å². The molecule has 1 aromatic heterocycles. The monoisotopic (exact) mass is 173 g/mol. The first-order chi connectivity index (χ1) is 4.74. The molecule has 0 aliphatic heterocycles. The third-order valence-corrected chi connectivity index (χ3v) is 1.83. The van der Waals surface area contributed by atoms with Crippen molar-refractivity contribution in [3.63, 3.8) is 0 Å². The maximum absolute atomic E-state index is 4.88. The van der Waals surface area contributed by atoms with E-state index in [0.717, 1.165) is 5.82 Å². The van der Waals surface area contributed by atoms with Crippen molar-refractivity contribution in [3.8, 4) is 0 Å². The number of rotatable bonds is 1. The summed E-state index contributed by atoms with van der Waals surface area (Å²) in [4.78, 5) is 5.73. The zero-order valence-electron chi connectivity index (χ0n) is 5.39. The smallest absolute Gasteiger partial charge is 0.139 e. The lowest BCUT2D eigenvalue weighted by Gasteiger charge is -1.97. The van der Waals surface area contributed by atoms with Crippen molar-refractivity contribution in [2.75, 3.05) is 12.4 Å². The number of hydrogen-bond donors (Lipinski definition) is 3. The van der Waals surface area contributed by atoms with Crippen LogP contribution in [-0.4, -0.2) is 17.0 Å². The topological polar surface area (TPSA) is 43.6 Å². The van der Waals surface area contributed by atoms with Crippen molar-refractivity contribution >= 4 is 30.3 Å². The van der Waals surface area contributed by atoms with Crippen molar-refractivity contribution in [3.05, 3.63) is 15.5 Å². The fourth-order valence-electron chi connectivity index (χ4n) is 0.553. The molecule has 3 N–H and O–H groups in total. The van der Waals surface area contributed by atoms with Gasteiger partial charge in [0.05, 0.1) is 0 Å². The Morgan fingerprint density at radius 3 is 2.60 bits per heavy atom. The molecule has 0 unspecified atom stereocenters. The Labute approximate surface area is 68.5 Å². The zero-order valence-corrected chi connectivity index (χ0v) is 7.03. The molecule has 0 saturated heterocycles. The molecule has 0 aliphatic rings. The highest BCUT2D eigenvalue weighted by Crippen LogP contribution is 1.97. The summed E-state index contributed by atoms with van der Waals surface area (Å²) in [6.07, 6.45) is 1.73. The van der Waals surface area contributed by atoms with E-state index in [4.69, 9.17) is 24.4 Å². The van der Waals surface area contributed by atoms with Crippen LogP contribution in [0.25, 0.3) is 0 Å². The van der Waals surface area contributed by atoms with E-state index in [1.807, 2.05) is 0 Å². The molecule has 0 saturated carbocycles. The summed E-state index contributed by atoms with van der Waals surface area (Å²) in [5.41, 5.74) is 0. The third kappa shape index (κ3) is 1.43. The molecule has 0 aliphatic carbocycles. The third-order valence-electron chi connectivity index (χ3n) is 1.07. The Morgan fingerprint density at radius 2 is 2.10 bits per heavy atom. The van der Waals surface area contributed by atoms with Crippen molar-refractivity contribution in [1.82, 2.24) is 9.97 Å². The van der Waals surface area contributed by atoms with Crippen LogP contribution in [-0.2, 0) is 0 Å². The molecule has 10 heavy (non-hydrogen) atoms. The zero-order chi connectivity index (χ0) is 7.56. The van der Waals surface area contributed by atoms with E-state index in [0.29, 0.717) is 9.28 Å². The van der Waals surface area contributed by atoms with E-state index in [1.54, 1.807) is 13.2 Å². The SMILES string of the molecule is CNc1c[nH]c(=S)c(=S)[nH]1. The van der Waals surface area contributed by atoms with Crippen molar-refractivity contribution < 1.29 is 0 Å². The molecule has 0 fully saturated rings. The van der Waals surface area contributed by atoms with Gasteiger partial charge in [0.15, 0.2) is 0 Å². The van der Waals surface area contributed by atoms with E-state index in [2.05, 4.69) is 15.3 Å². The summed E-state index contributed by atoms with van der Waals surface area (Å²) in [5.74, 6) is 0.832. The molecule has 0 spiro atoms. The lowest BCUT2D eigenvalue weighted by atomic mass is 10.7. The standard InChI is InChI=1S/C5H7N3S2/c1-6-3-2-7-4(9)5(10)8-3/h2H,1H3,(H,7,9)(H2,6,8,10). The number of hydrogen-bond acceptors (Lipinski definition) is 3. The Hall–Kier alpha value is -0.680. The second-order valence-corrected chi connectivity index (χ2v) is 2.55. The Morgan fingerprint density at radius 1 is 1.40 bits per heavy atom. The second kappa shape index (κ2) is 2.94. The van der Waals surface area contributed by atoms with Crippen molar-refractivity contribution in [2.45, 2.75) is 0 Å². The van der Waals surface area contributed by atoms with Gasteiger partial charge in [-0.15, -0.1) is 0 Å². The van der Waals surface area contributed by atoms with Crippen LogP contribution in [0.15, 0.2) is 6.20 Å². The van der Waals surface area contributed by atoms with Crippen LogP contribution in [0.3, 0.4) is 0 Å². The normalized spacial score (nSPS) is 9.30. The number of anilines is 1. The summed E-state index contributed by atoms with van der Waals surface area (Å²) in [5, 5.41) is 2.90. The molecule has 1 rings (SSSR count). The maximum atomic E-state index is 4.88. The molecule has 0 aromatic carbocycles. The molecule has 5 heteroatoms. The molecule has 0 bridgehead atoms. The summed E-state index contributed by atoms with van der Waals surface area (Å²) >= 11 is 9.72. The van der Waals surface area contributed by atoms with E-state index in [1.165, 1.54) is 0 Å². The molecule has 0 radical (unpaired) electrons. The highest BCUT2D eigenvalue weighted by molar-refractivity contribution is 7.73. The first kappa shape index (κ1) is 7.43. The number of aromatic nitrogens is 2. The predicted octanol–water partition coefficient (Wildman–Crippen LogP) is 1.84. The van der Waals surface area contributed by atoms with Crippen molar-refractivity contribution in [2.24, 2.45) is 0 Å². The van der Waals surface area contributed by atoms with E-state index < -0.39 is 0 Å². The average molecular weight is 173 g/mol. The van der Waals surface area contributed by atoms with Crippen LogP contribution < -0.4 is 5.32 Å². The van der Waals surface area contributed by atoms with Gasteiger partial charge in [-0.2, -0.15) is 0 Å². The van der Waals surface area contributed by atoms with Crippen LogP contribution in [0.2, 0.25) is 0 Å². The molecule has 1 aromatic rings. The molecule has 3 nitrogen and oxygen atoms in total. The highest BCUT2D eigenvalue weighted by Gasteiger charge is 1.85. The largest absolute Gasteiger partial charge is 0.373 e. The van der Waals surface area contributed by atoms with E-state index >= 15 is 0 Å². The minimum absolute atomic E-state index is 0.557. The maximum Gasteiger partial charge on any atom is 0.139 e. The lowest BCUT2D eigenvalue weighted by Crippen LogP contribution is -1.93. The van der Waals surface area contributed by atoms with Crippen LogP contribution >= 0.6 is 24.4 Å². The van der Waals surface area contributed by atoms with E-state index in [9.17, 15) is 0 Å². The Balaban J connectivity index is 3.31. The Kier molecular flexibility index (Phi) is 2.18. The molecule has 0 atom stereocenters. The molecular weight excluding hydrogens is 166 g/mol. The minimum Gasteiger partial charge on any atom is -0.373 e. The molecule has 0 amide bonds. The van der Waals surface area contributed by atoms with E-state index in [-0.39, 0.29) is 0 Å². The molecule has 54 valence electrons. The van der Waals surface area contributed by atoms with Crippen LogP contribution in [0, 0.1) is 9.28 Å². The van der Waals surface area contributed by atoms with Gasteiger partial charge in [0, 0.05) is 13.2 Å². The van der Waals surface area contributed by atoms with Crippen LogP contribution in [0.5, 0.6) is 0 Å². The summed E-state index contributed by atoms with van der Waals surface area (Å²) in [6, 6.07) is 0. The van der Waals surface area contributed by atoms with Gasteiger partial charge in [0.1, 0.15) is 15.1 Å². The first-order valence-corrected chi connectivity index (χ1v) is 3.55. The van der Waals surface area contributed by atoms with Crippen LogP contribution in [0.1, 0.15) is 0 Å². The quantitative estimate of drug-likeness (QED) is 0.568. The first-order valence-electron chi connectivity index (χ1n) is 2.74. The van der Waals surface area contributed by atoms with Gasteiger partial charge in [-0.1, -0.05) is 24.4 Å². The Bertz CT molecular complexity index is 324. The lowest BCUT2D eigenvalue weighted by molar-refractivity contribution is 1.15. The molecule has 1 heterocycles. The van der Waals surface area contributed by atoms with Crippen LogP contribution in [0.4, 0.5) is 5.82 Å². The number of nitrogens with one attached hydrogen (secondary N) is 3. The number of aromatic amines is 2. The van der Waals surface area contributed by atoms with Gasteiger partial charge >= 0.3 is 0 Å². The molecular formula is C5H7N3S2. The van der Waals surface area contributed by atoms with Gasteiger partial charge in [0.2, 0.25) is 0 Å². The van der Waals surface area contributed by atoms with Gasteiger partial charge in [-0.05, 0) is 0 Å². The highest BCUT2D eigenvalue weighted by atomic mass is 32.1. The summed E-state index contributed by atoms with van der Waals surface area (Å²) in [7, 11) is 1.80. The van der Waals surface area contributed by atoms with Gasteiger partial charge in [0.25, 0.3) is 0 Å². The van der Waals surface area contributed by atoms with Gasteiger partial charge < -0.3 is 15.3 Å². The van der Waals surface area contributed by atoms with Crippen molar-refractivity contribution in [1.29, 1.82) is 0 Å². The minimum atomic E-state index is 0.557. The average Bonchev–Trinajstić information content (AvgIpc) is 1.95. The summed E-state index contributed by atoms with van der Waals surface area (Å²) in [6.45, 7) is 0. The fourth-order valence-corrected chi connectivity index (χ4v) is 0.832. The predicted molar refractivity (Wildman–Crippen MR) is 46.4 cm³/mol. The second-order valence-electron chi connectivity index (χ2n) is 1.74. The van der Waals surface area contributed by atoms with Gasteiger partial charge in [-0.3, -0.25) is 0 Å². The fraction of sp³-hybridized carbons (Fsp3) is 0.200. The number of H-pyrrole nitrogens is 2. The summed E-state index contributed by atoms with van der Waals surface area (Å²) < 4.78 is 1.12.